The zero-order chi connectivity index (χ0) is 17.7. The molecule has 0 aliphatic heterocycles. The average Bonchev–Trinajstić information content (AvgIpc) is 2.91. The van der Waals surface area contributed by atoms with Crippen LogP contribution in [-0.2, 0) is 15.3 Å². The fraction of sp³-hybridized carbons (Fsp3) is 0.294. The van der Waals surface area contributed by atoms with Crippen LogP contribution >= 0.6 is 27.7 Å². The molecule has 0 spiro atoms. The summed E-state index contributed by atoms with van der Waals surface area (Å²) in [6, 6.07) is 7.31. The Labute approximate surface area is 153 Å². The Kier molecular flexibility index (Phi) is 6.51. The first-order valence-corrected chi connectivity index (χ1v) is 9.17. The Morgan fingerprint density at radius 1 is 1.29 bits per heavy atom. The number of benzene rings is 1. The summed E-state index contributed by atoms with van der Waals surface area (Å²) in [5, 5.41) is 2.85. The molecule has 1 N–H and O–H groups in total. The number of hydrogen-bond donors (Lipinski definition) is 1. The van der Waals surface area contributed by atoms with E-state index in [0.29, 0.717) is 28.6 Å². The number of halogens is 1. The molecule has 0 fully saturated rings. The largest absolute Gasteiger partial charge is 0.465 e. The summed E-state index contributed by atoms with van der Waals surface area (Å²) in [6.07, 6.45) is 0. The standard InChI is InChI=1S/C17H18BrNO4S/c1-10-6-12(4-5-15(10)18)19-16(20)9-24-8-13-7-14(11(2)23-13)17(21)22-3/h4-7H,8-9H2,1-3H3,(H,19,20). The van der Waals surface area contributed by atoms with Crippen molar-refractivity contribution < 1.29 is 18.7 Å². The molecule has 7 heteroatoms. The van der Waals surface area contributed by atoms with Crippen molar-refractivity contribution >= 4 is 45.3 Å². The number of thioether (sulfide) groups is 1. The third-order valence-electron chi connectivity index (χ3n) is 3.29. The van der Waals surface area contributed by atoms with Crippen molar-refractivity contribution in [1.82, 2.24) is 0 Å². The highest BCUT2D eigenvalue weighted by molar-refractivity contribution is 9.10. The van der Waals surface area contributed by atoms with E-state index in [1.165, 1.54) is 18.9 Å². The summed E-state index contributed by atoms with van der Waals surface area (Å²) < 4.78 is 11.2. The van der Waals surface area contributed by atoms with Gasteiger partial charge in [0.2, 0.25) is 5.91 Å². The predicted octanol–water partition coefficient (Wildman–Crippen LogP) is 4.32. The van der Waals surface area contributed by atoms with Crippen LogP contribution in [0.2, 0.25) is 0 Å². The number of hydrogen-bond acceptors (Lipinski definition) is 5. The number of anilines is 1. The number of nitrogens with one attached hydrogen (secondary N) is 1. The van der Waals surface area contributed by atoms with Crippen LogP contribution in [-0.4, -0.2) is 24.7 Å². The highest BCUT2D eigenvalue weighted by Crippen LogP contribution is 2.22. The minimum atomic E-state index is -0.421. The number of furan rings is 1. The summed E-state index contributed by atoms with van der Waals surface area (Å²) in [7, 11) is 1.33. The van der Waals surface area contributed by atoms with Gasteiger partial charge in [-0.15, -0.1) is 11.8 Å². The Bertz CT molecular complexity index is 757. The molecule has 5 nitrogen and oxygen atoms in total. The second-order valence-corrected chi connectivity index (χ2v) is 7.02. The molecule has 1 heterocycles. The Morgan fingerprint density at radius 2 is 2.04 bits per heavy atom. The van der Waals surface area contributed by atoms with E-state index < -0.39 is 5.97 Å². The molecular weight excluding hydrogens is 394 g/mol. The van der Waals surface area contributed by atoms with Crippen LogP contribution < -0.4 is 5.32 Å². The van der Waals surface area contributed by atoms with Gasteiger partial charge in [-0.2, -0.15) is 0 Å². The Balaban J connectivity index is 1.84. The monoisotopic (exact) mass is 411 g/mol. The number of ether oxygens (including phenoxy) is 1. The second-order valence-electron chi connectivity index (χ2n) is 5.18. The Morgan fingerprint density at radius 3 is 2.71 bits per heavy atom. The maximum absolute atomic E-state index is 12.0. The molecule has 0 saturated carbocycles. The molecule has 1 amide bonds. The van der Waals surface area contributed by atoms with Crippen LogP contribution in [0.1, 0.15) is 27.4 Å². The maximum atomic E-state index is 12.0. The van der Waals surface area contributed by atoms with Gasteiger partial charge in [0.1, 0.15) is 17.1 Å². The van der Waals surface area contributed by atoms with Crippen LogP contribution in [0.25, 0.3) is 0 Å². The Hall–Kier alpha value is -1.73. The molecule has 128 valence electrons. The molecule has 24 heavy (non-hydrogen) atoms. The summed E-state index contributed by atoms with van der Waals surface area (Å²) in [5.74, 6) is 1.46. The quantitative estimate of drug-likeness (QED) is 0.716. The molecule has 1 aromatic carbocycles. The van der Waals surface area contributed by atoms with Crippen LogP contribution in [0.15, 0.2) is 33.2 Å². The number of esters is 1. The van der Waals surface area contributed by atoms with Crippen LogP contribution in [0.4, 0.5) is 5.69 Å². The highest BCUT2D eigenvalue weighted by atomic mass is 79.9. The molecule has 1 aromatic heterocycles. The van der Waals surface area contributed by atoms with Gasteiger partial charge in [0.15, 0.2) is 0 Å². The molecule has 0 bridgehead atoms. The molecule has 0 radical (unpaired) electrons. The number of carbonyl (C=O) groups excluding carboxylic acids is 2. The predicted molar refractivity (Wildman–Crippen MR) is 98.5 cm³/mol. The van der Waals surface area contributed by atoms with Crippen molar-refractivity contribution in [2.24, 2.45) is 0 Å². The first-order chi connectivity index (χ1) is 11.4. The van der Waals surface area contributed by atoms with Crippen molar-refractivity contribution in [1.29, 1.82) is 0 Å². The van der Waals surface area contributed by atoms with Gasteiger partial charge in [0.25, 0.3) is 0 Å². The number of aryl methyl sites for hydroxylation is 2. The number of rotatable bonds is 6. The van der Waals surface area contributed by atoms with E-state index in [-0.39, 0.29) is 5.91 Å². The molecular formula is C17H18BrNO4S. The van der Waals surface area contributed by atoms with Gasteiger partial charge in [0, 0.05) is 10.2 Å². The highest BCUT2D eigenvalue weighted by Gasteiger charge is 2.15. The molecule has 2 aromatic rings. The van der Waals surface area contributed by atoms with Gasteiger partial charge in [-0.25, -0.2) is 4.79 Å². The van der Waals surface area contributed by atoms with Crippen LogP contribution in [0, 0.1) is 13.8 Å². The lowest BCUT2D eigenvalue weighted by molar-refractivity contribution is -0.113. The SMILES string of the molecule is COC(=O)c1cc(CSCC(=O)Nc2ccc(Br)c(C)c2)oc1C. The van der Waals surface area contributed by atoms with Crippen molar-refractivity contribution in [2.75, 3.05) is 18.2 Å². The molecule has 2 rings (SSSR count). The van der Waals surface area contributed by atoms with E-state index in [2.05, 4.69) is 26.0 Å². The van der Waals surface area contributed by atoms with Gasteiger partial charge in [-0.1, -0.05) is 15.9 Å². The summed E-state index contributed by atoms with van der Waals surface area (Å²) in [4.78, 5) is 23.5. The number of methoxy groups -OCH3 is 1. The van der Waals surface area contributed by atoms with Crippen molar-refractivity contribution in [3.63, 3.8) is 0 Å². The van der Waals surface area contributed by atoms with Crippen molar-refractivity contribution in [3.05, 3.63) is 51.4 Å². The number of amides is 1. The first-order valence-electron chi connectivity index (χ1n) is 7.22. The van der Waals surface area contributed by atoms with Gasteiger partial charge in [-0.3, -0.25) is 4.79 Å². The summed E-state index contributed by atoms with van der Waals surface area (Å²) >= 11 is 4.84. The fourth-order valence-corrected chi connectivity index (χ4v) is 3.04. The van der Waals surface area contributed by atoms with E-state index in [0.717, 1.165) is 15.7 Å². The van der Waals surface area contributed by atoms with E-state index in [1.807, 2.05) is 25.1 Å². The van der Waals surface area contributed by atoms with Gasteiger partial charge in [0.05, 0.1) is 18.6 Å². The molecule has 0 aliphatic rings. The van der Waals surface area contributed by atoms with Gasteiger partial charge in [-0.05, 0) is 43.7 Å². The van der Waals surface area contributed by atoms with E-state index in [9.17, 15) is 9.59 Å². The smallest absolute Gasteiger partial charge is 0.341 e. The van der Waals surface area contributed by atoms with E-state index in [1.54, 1.807) is 13.0 Å². The normalized spacial score (nSPS) is 10.5. The van der Waals surface area contributed by atoms with Crippen LogP contribution in [0.3, 0.4) is 0 Å². The minimum Gasteiger partial charge on any atom is -0.465 e. The third-order valence-corrected chi connectivity index (χ3v) is 5.14. The average molecular weight is 412 g/mol. The van der Waals surface area contributed by atoms with Gasteiger partial charge < -0.3 is 14.5 Å². The topological polar surface area (TPSA) is 68.5 Å². The molecule has 0 saturated heterocycles. The molecule has 0 aliphatic carbocycles. The second kappa shape index (κ2) is 8.39. The third kappa shape index (κ3) is 4.88. The maximum Gasteiger partial charge on any atom is 0.341 e. The van der Waals surface area contributed by atoms with E-state index >= 15 is 0 Å². The zero-order valence-corrected chi connectivity index (χ0v) is 16.0. The molecule has 0 atom stereocenters. The summed E-state index contributed by atoms with van der Waals surface area (Å²) in [5.41, 5.74) is 2.24. The lowest BCUT2D eigenvalue weighted by Gasteiger charge is -2.06. The first kappa shape index (κ1) is 18.6. The zero-order valence-electron chi connectivity index (χ0n) is 13.6. The summed E-state index contributed by atoms with van der Waals surface area (Å²) in [6.45, 7) is 3.68. The van der Waals surface area contributed by atoms with E-state index in [4.69, 9.17) is 4.42 Å². The number of carbonyl (C=O) groups is 2. The van der Waals surface area contributed by atoms with Crippen LogP contribution in [0.5, 0.6) is 0 Å². The minimum absolute atomic E-state index is 0.0850. The molecule has 0 unspecified atom stereocenters. The van der Waals surface area contributed by atoms with Crippen molar-refractivity contribution in [3.8, 4) is 0 Å². The van der Waals surface area contributed by atoms with Gasteiger partial charge >= 0.3 is 5.97 Å². The lowest BCUT2D eigenvalue weighted by Crippen LogP contribution is -2.14. The lowest BCUT2D eigenvalue weighted by atomic mass is 10.2. The van der Waals surface area contributed by atoms with Crippen molar-refractivity contribution in [2.45, 2.75) is 19.6 Å². The fourth-order valence-electron chi connectivity index (χ4n) is 2.09.